The number of rotatable bonds is 6. The number of carboxylic acids is 1. The number of H-pyrrole nitrogens is 1. The van der Waals surface area contributed by atoms with Crippen LogP contribution in [0.25, 0.3) is 11.2 Å². The van der Waals surface area contributed by atoms with E-state index in [-0.39, 0.29) is 30.4 Å². The van der Waals surface area contributed by atoms with E-state index >= 15 is 0 Å². The van der Waals surface area contributed by atoms with Crippen LogP contribution < -0.4 is 4.74 Å². The molecule has 0 unspecified atom stereocenters. The van der Waals surface area contributed by atoms with Gasteiger partial charge in [-0.3, -0.25) is 4.79 Å². The molecule has 0 saturated heterocycles. The van der Waals surface area contributed by atoms with E-state index in [0.29, 0.717) is 53.6 Å². The van der Waals surface area contributed by atoms with Gasteiger partial charge in [0, 0.05) is 5.56 Å². The molecule has 0 aliphatic heterocycles. The normalized spacial score (nSPS) is 19.2. The van der Waals surface area contributed by atoms with Crippen molar-refractivity contribution in [3.05, 3.63) is 52.2 Å². The van der Waals surface area contributed by atoms with Crippen LogP contribution in [0, 0.1) is 17.6 Å². The second-order valence-corrected chi connectivity index (χ2v) is 7.87. The molecule has 1 aliphatic carbocycles. The van der Waals surface area contributed by atoms with Crippen LogP contribution in [0.4, 0.5) is 8.78 Å². The van der Waals surface area contributed by atoms with Crippen LogP contribution >= 0.6 is 11.6 Å². The van der Waals surface area contributed by atoms with Gasteiger partial charge in [-0.15, -0.1) is 0 Å². The lowest BCUT2D eigenvalue weighted by atomic mass is 9.87. The maximum absolute atomic E-state index is 13.8. The fraction of sp³-hybridized carbons (Fsp3) is 0.381. The van der Waals surface area contributed by atoms with E-state index in [0.717, 1.165) is 0 Å². The van der Waals surface area contributed by atoms with Crippen LogP contribution in [0.2, 0.25) is 5.02 Å². The number of hydrogen-bond donors (Lipinski definition) is 2. The largest absolute Gasteiger partial charge is 0.481 e. The number of pyridine rings is 1. The molecule has 4 rings (SSSR count). The number of carboxylic acid groups (broad SMARTS) is 1. The number of benzene rings is 1. The summed E-state index contributed by atoms with van der Waals surface area (Å²) in [5.74, 6) is -2.28. The van der Waals surface area contributed by atoms with E-state index in [1.54, 1.807) is 6.07 Å². The molecule has 9 heteroatoms. The SMILES string of the molecule is O=C(O)C1CCC(Oc2nc3nc(CCc4c(F)cccc4F)c(Cl)cc3[nH]2)CC1. The number of aromatic amines is 1. The minimum Gasteiger partial charge on any atom is -0.481 e. The molecular formula is C21H20ClF2N3O3. The number of halogens is 3. The fourth-order valence-corrected chi connectivity index (χ4v) is 4.01. The van der Waals surface area contributed by atoms with Crippen molar-refractivity contribution in [1.29, 1.82) is 0 Å². The van der Waals surface area contributed by atoms with Crippen LogP contribution in [-0.2, 0) is 17.6 Å². The van der Waals surface area contributed by atoms with E-state index in [1.165, 1.54) is 18.2 Å². The van der Waals surface area contributed by atoms with Crippen molar-refractivity contribution in [3.8, 4) is 6.01 Å². The van der Waals surface area contributed by atoms with Crippen LogP contribution in [0.5, 0.6) is 6.01 Å². The van der Waals surface area contributed by atoms with Gasteiger partial charge in [-0.2, -0.15) is 4.98 Å². The Labute approximate surface area is 176 Å². The molecule has 1 fully saturated rings. The fourth-order valence-electron chi connectivity index (χ4n) is 3.76. The number of carbonyl (C=O) groups is 1. The highest BCUT2D eigenvalue weighted by Gasteiger charge is 2.27. The molecular weight excluding hydrogens is 416 g/mol. The zero-order valence-electron chi connectivity index (χ0n) is 16.0. The van der Waals surface area contributed by atoms with Gasteiger partial charge in [0.2, 0.25) is 0 Å². The second-order valence-electron chi connectivity index (χ2n) is 7.46. The Hall–Kier alpha value is -2.74. The molecule has 1 saturated carbocycles. The highest BCUT2D eigenvalue weighted by Crippen LogP contribution is 2.29. The number of aliphatic carboxylic acids is 1. The first-order valence-electron chi connectivity index (χ1n) is 9.78. The number of hydrogen-bond acceptors (Lipinski definition) is 4. The van der Waals surface area contributed by atoms with Crippen LogP contribution in [0.3, 0.4) is 0 Å². The predicted octanol–water partition coefficient (Wildman–Crippen LogP) is 4.70. The van der Waals surface area contributed by atoms with Gasteiger partial charge in [0.1, 0.15) is 17.7 Å². The van der Waals surface area contributed by atoms with Crippen molar-refractivity contribution >= 4 is 28.7 Å². The van der Waals surface area contributed by atoms with Crippen molar-refractivity contribution < 1.29 is 23.4 Å². The zero-order chi connectivity index (χ0) is 21.3. The molecule has 1 aromatic carbocycles. The first-order valence-corrected chi connectivity index (χ1v) is 10.2. The van der Waals surface area contributed by atoms with Gasteiger partial charge in [-0.1, -0.05) is 17.7 Å². The van der Waals surface area contributed by atoms with E-state index in [2.05, 4.69) is 15.0 Å². The minimum absolute atomic E-state index is 0.00141. The molecule has 2 heterocycles. The standard InChI is InChI=1S/C21H20ClF2N3O3/c22-14-10-18-19(25-17(14)9-8-13-15(23)2-1-3-16(13)24)27-21(26-18)30-12-6-4-11(5-7-12)20(28)29/h1-3,10-12H,4-9H2,(H,28,29)(H,25,26,27). The highest BCUT2D eigenvalue weighted by atomic mass is 35.5. The van der Waals surface area contributed by atoms with Gasteiger partial charge < -0.3 is 14.8 Å². The Morgan fingerprint density at radius 3 is 2.53 bits per heavy atom. The lowest BCUT2D eigenvalue weighted by molar-refractivity contribution is -0.143. The van der Waals surface area contributed by atoms with Crippen molar-refractivity contribution in [2.45, 2.75) is 44.6 Å². The van der Waals surface area contributed by atoms with Gasteiger partial charge in [0.15, 0.2) is 5.65 Å². The maximum Gasteiger partial charge on any atom is 0.306 e. The summed E-state index contributed by atoms with van der Waals surface area (Å²) in [5.41, 5.74) is 1.48. The summed E-state index contributed by atoms with van der Waals surface area (Å²) in [4.78, 5) is 22.8. The topological polar surface area (TPSA) is 88.1 Å². The number of nitrogens with zero attached hydrogens (tertiary/aromatic N) is 2. The first kappa shape index (κ1) is 20.5. The third kappa shape index (κ3) is 4.38. The Balaban J connectivity index is 1.46. The molecule has 6 nitrogen and oxygen atoms in total. The molecule has 3 aromatic rings. The molecule has 0 atom stereocenters. The van der Waals surface area contributed by atoms with Crippen LogP contribution in [-0.4, -0.2) is 32.1 Å². The minimum atomic E-state index is -0.765. The van der Waals surface area contributed by atoms with Crippen molar-refractivity contribution in [1.82, 2.24) is 15.0 Å². The molecule has 0 bridgehead atoms. The third-order valence-electron chi connectivity index (χ3n) is 5.45. The van der Waals surface area contributed by atoms with E-state index in [1.807, 2.05) is 0 Å². The van der Waals surface area contributed by atoms with E-state index in [9.17, 15) is 13.6 Å². The number of imidazole rings is 1. The Morgan fingerprint density at radius 2 is 1.87 bits per heavy atom. The smallest absolute Gasteiger partial charge is 0.306 e. The summed E-state index contributed by atoms with van der Waals surface area (Å²) in [6, 6.07) is 5.73. The summed E-state index contributed by atoms with van der Waals surface area (Å²) in [6.07, 6.45) is 2.69. The van der Waals surface area contributed by atoms with Gasteiger partial charge >= 0.3 is 5.97 Å². The van der Waals surface area contributed by atoms with Crippen LogP contribution in [0.15, 0.2) is 24.3 Å². The molecule has 0 spiro atoms. The number of aryl methyl sites for hydroxylation is 1. The number of nitrogens with one attached hydrogen (secondary N) is 1. The Morgan fingerprint density at radius 1 is 1.17 bits per heavy atom. The summed E-state index contributed by atoms with van der Waals surface area (Å²) in [6.45, 7) is 0. The second kappa shape index (κ2) is 8.55. The van der Waals surface area contributed by atoms with E-state index in [4.69, 9.17) is 21.4 Å². The highest BCUT2D eigenvalue weighted by molar-refractivity contribution is 6.31. The zero-order valence-corrected chi connectivity index (χ0v) is 16.8. The number of fused-ring (bicyclic) bond motifs is 1. The van der Waals surface area contributed by atoms with Gasteiger partial charge in [-0.05, 0) is 56.7 Å². The lowest BCUT2D eigenvalue weighted by Gasteiger charge is -2.25. The summed E-state index contributed by atoms with van der Waals surface area (Å²) < 4.78 is 33.5. The maximum atomic E-state index is 13.8. The molecule has 0 radical (unpaired) electrons. The first-order chi connectivity index (χ1) is 14.4. The van der Waals surface area contributed by atoms with Gasteiger partial charge in [0.25, 0.3) is 6.01 Å². The molecule has 158 valence electrons. The predicted molar refractivity (Wildman–Crippen MR) is 107 cm³/mol. The summed E-state index contributed by atoms with van der Waals surface area (Å²) >= 11 is 6.30. The molecule has 2 N–H and O–H groups in total. The summed E-state index contributed by atoms with van der Waals surface area (Å²) in [7, 11) is 0. The van der Waals surface area contributed by atoms with Crippen molar-refractivity contribution in [2.24, 2.45) is 5.92 Å². The quantitative estimate of drug-likeness (QED) is 0.586. The molecule has 0 amide bonds. The van der Waals surface area contributed by atoms with E-state index < -0.39 is 17.6 Å². The average molecular weight is 436 g/mol. The van der Waals surface area contributed by atoms with Crippen molar-refractivity contribution in [2.75, 3.05) is 0 Å². The van der Waals surface area contributed by atoms with Gasteiger partial charge in [0.05, 0.1) is 22.2 Å². The van der Waals surface area contributed by atoms with Gasteiger partial charge in [-0.25, -0.2) is 13.8 Å². The van der Waals surface area contributed by atoms with Crippen LogP contribution in [0.1, 0.15) is 36.9 Å². The molecule has 2 aromatic heterocycles. The monoisotopic (exact) mass is 435 g/mol. The van der Waals surface area contributed by atoms with Crippen molar-refractivity contribution in [3.63, 3.8) is 0 Å². The third-order valence-corrected chi connectivity index (χ3v) is 5.78. The number of aromatic nitrogens is 3. The summed E-state index contributed by atoms with van der Waals surface area (Å²) in [5, 5.41) is 9.46. The lowest BCUT2D eigenvalue weighted by Crippen LogP contribution is -2.28. The number of ether oxygens (including phenoxy) is 1. The molecule has 30 heavy (non-hydrogen) atoms. The molecule has 1 aliphatic rings. The Bertz CT molecular complexity index is 1060. The average Bonchev–Trinajstić information content (AvgIpc) is 3.08. The Kier molecular flexibility index (Phi) is 5.85.